The summed E-state index contributed by atoms with van der Waals surface area (Å²) < 4.78 is 0. The highest BCUT2D eigenvalue weighted by molar-refractivity contribution is 5.94. The first-order valence-corrected chi connectivity index (χ1v) is 44.7. The number of carbonyl (C=O) groups excluding carboxylic acids is 2. The lowest BCUT2D eigenvalue weighted by molar-refractivity contribution is -0.117. The molecule has 0 aliphatic carbocycles. The summed E-state index contributed by atoms with van der Waals surface area (Å²) >= 11 is 0. The van der Waals surface area contributed by atoms with E-state index in [-0.39, 0.29) is 11.8 Å². The van der Waals surface area contributed by atoms with Gasteiger partial charge in [-0.25, -0.2) is 0 Å². The zero-order valence-corrected chi connectivity index (χ0v) is 70.1. The highest BCUT2D eigenvalue weighted by atomic mass is 16.2. The van der Waals surface area contributed by atoms with Gasteiger partial charge in [-0.3, -0.25) is 9.59 Å². The van der Waals surface area contributed by atoms with E-state index in [9.17, 15) is 9.59 Å². The SMILES string of the molecule is CCCCCCCCCCCC(=O)Nc1cc2c#cc3cc(CCCCCCCC)cc(c#cc#cc4cc(CCCCCCCC)cc(c#cc5cc(NC(=O)CCCCCCCCCCC)cc(c#cc6cc(CCCCCCCC)cc(c#cc#cc7cc(CCCCCCCC)cc(c#cc(c1)c2)c7)c6)c5)c4)c3. The van der Waals surface area contributed by atoms with Crippen molar-refractivity contribution in [2.75, 3.05) is 10.6 Å². The van der Waals surface area contributed by atoms with Crippen LogP contribution in [0.1, 0.15) is 346 Å². The number of benzene rings is 6. The van der Waals surface area contributed by atoms with E-state index in [1.807, 2.05) is 36.4 Å². The first-order valence-electron chi connectivity index (χ1n) is 44.7. The molecule has 0 aliphatic heterocycles. The van der Waals surface area contributed by atoms with Gasteiger partial charge in [0, 0.05) is 88.9 Å². The van der Waals surface area contributed by atoms with Crippen molar-refractivity contribution in [1.82, 2.24) is 0 Å². The van der Waals surface area contributed by atoms with E-state index < -0.39 is 0 Å². The summed E-state index contributed by atoms with van der Waals surface area (Å²) in [6, 6.07) is 93.3. The molecule has 7 aromatic carbocycles. The second kappa shape index (κ2) is 56.9. The minimum Gasteiger partial charge on any atom is -0.326 e. The lowest BCUT2D eigenvalue weighted by atomic mass is 10.0. The number of hydrogen-bond donors (Lipinski definition) is 2. The molecule has 0 saturated carbocycles. The fourth-order valence-electron chi connectivity index (χ4n) is 14.7. The summed E-state index contributed by atoms with van der Waals surface area (Å²) in [5.74, 6) is 0.0121. The second-order valence-corrected chi connectivity index (χ2v) is 31.6. The van der Waals surface area contributed by atoms with Crippen LogP contribution in [0.5, 0.6) is 0 Å². The van der Waals surface area contributed by atoms with Crippen molar-refractivity contribution < 1.29 is 9.59 Å². The lowest BCUT2D eigenvalue weighted by Gasteiger charge is -2.06. The van der Waals surface area contributed by atoms with Crippen LogP contribution in [-0.4, -0.2) is 11.8 Å². The molecule has 0 saturated heterocycles. The van der Waals surface area contributed by atoms with E-state index >= 15 is 0 Å². The molecular formula is C108H134N2O2. The fourth-order valence-corrected chi connectivity index (χ4v) is 14.7. The van der Waals surface area contributed by atoms with E-state index in [4.69, 9.17) is 0 Å². The first-order chi connectivity index (χ1) is 55.1. The Bertz CT molecular complexity index is 3750. The average molecular weight is 1490 g/mol. The van der Waals surface area contributed by atoms with Gasteiger partial charge in [-0.1, -0.05) is 345 Å². The third-order valence-corrected chi connectivity index (χ3v) is 21.1. The molecule has 7 rings (SSSR count). The van der Waals surface area contributed by atoms with Gasteiger partial charge in [0.1, 0.15) is 0 Å². The van der Waals surface area contributed by atoms with Crippen LogP contribution in [0.2, 0.25) is 0 Å². The Labute approximate surface area is 682 Å². The van der Waals surface area contributed by atoms with Crippen molar-refractivity contribution in [2.24, 2.45) is 0 Å². The molecule has 4 nitrogen and oxygen atoms in total. The highest BCUT2D eigenvalue weighted by Crippen LogP contribution is 2.24. The van der Waals surface area contributed by atoms with E-state index in [2.05, 4.69) is 222 Å². The second-order valence-electron chi connectivity index (χ2n) is 31.6. The number of carbonyl (C=O) groups is 2. The molecule has 0 unspecified atom stereocenters. The molecule has 588 valence electrons. The van der Waals surface area contributed by atoms with Gasteiger partial charge in [-0.05, 0) is 220 Å². The number of anilines is 2. The van der Waals surface area contributed by atoms with Crippen LogP contribution >= 0.6 is 0 Å². The van der Waals surface area contributed by atoms with Crippen molar-refractivity contribution >= 4 is 87.8 Å². The van der Waals surface area contributed by atoms with Crippen molar-refractivity contribution in [2.45, 2.75) is 350 Å². The van der Waals surface area contributed by atoms with Crippen molar-refractivity contribution in [3.05, 3.63) is 229 Å². The molecule has 0 heterocycles. The van der Waals surface area contributed by atoms with Gasteiger partial charge in [0.2, 0.25) is 11.8 Å². The largest absolute Gasteiger partial charge is 0.326 e. The molecule has 2 N–H and O–H groups in total. The summed E-state index contributed by atoms with van der Waals surface area (Å²) in [4.78, 5) is 27.6. The maximum atomic E-state index is 13.8. The molecule has 0 spiro atoms. The normalized spacial score (nSPS) is 10.6. The van der Waals surface area contributed by atoms with E-state index in [0.29, 0.717) is 24.2 Å². The van der Waals surface area contributed by atoms with Crippen LogP contribution in [-0.2, 0) is 35.3 Å². The van der Waals surface area contributed by atoms with Crippen molar-refractivity contribution in [3.63, 3.8) is 0 Å². The standard InChI is InChI=1S/C108H134N2O2/c1-7-13-19-25-31-33-35-41-47-61-107(111)109-105-85-101-67-63-97-75-89(53-43-37-27-21-15-9-3)71-93(79-97)57-49-51-59-95-73-91(55-45-39-29-23-17-11-5)77-99(81-95)65-69-103-84-104(88-106(87-103)110-108(112)62-48-42-36-34-32-26-20-14-8-2)70-66-100-78-92(56-46-40-30-24-18-12-6)74-96(82-100)60-52-50-58-94-72-90(54-44-38-28-22-16-10-4)76-98(80-94)64-68-102(83-101)86-105/h71-88H,7-48,53-56,61-62H2,1-6H3,(H,109,111)(H,110,112). The Morgan fingerprint density at radius 1 is 0.196 bits per heavy atom. The van der Waals surface area contributed by atoms with Gasteiger partial charge in [0.25, 0.3) is 0 Å². The van der Waals surface area contributed by atoms with Crippen LogP contribution in [0.3, 0.4) is 0 Å². The quantitative estimate of drug-likeness (QED) is 0.0373. The molecule has 0 fully saturated rings. The van der Waals surface area contributed by atoms with Gasteiger partial charge in [0.15, 0.2) is 0 Å². The summed E-state index contributed by atoms with van der Waals surface area (Å²) in [5.41, 5.74) is 6.19. The molecule has 2 amide bonds. The summed E-state index contributed by atoms with van der Waals surface area (Å²) in [6.07, 6.45) is 55.1. The number of nitrogens with one attached hydrogen (secondary N) is 2. The van der Waals surface area contributed by atoms with Crippen LogP contribution in [0.25, 0.3) is 64.6 Å². The minimum absolute atomic E-state index is 0.00606. The maximum absolute atomic E-state index is 13.8. The third kappa shape index (κ3) is 39.8. The zero-order chi connectivity index (χ0) is 78.9. The van der Waals surface area contributed by atoms with Gasteiger partial charge in [0.05, 0.1) is 0 Å². The summed E-state index contributed by atoms with van der Waals surface area (Å²) in [7, 11) is 0. The number of hydrogen-bond acceptors (Lipinski definition) is 2. The minimum atomic E-state index is 0.00606. The Morgan fingerprint density at radius 2 is 0.357 bits per heavy atom. The van der Waals surface area contributed by atoms with Crippen molar-refractivity contribution in [1.29, 1.82) is 0 Å². The Hall–Kier alpha value is -9.26. The topological polar surface area (TPSA) is 58.2 Å². The predicted octanol–water partition coefficient (Wildman–Crippen LogP) is 30.9. The number of rotatable bonds is 50. The lowest BCUT2D eigenvalue weighted by Crippen LogP contribution is -2.10. The highest BCUT2D eigenvalue weighted by Gasteiger charge is 2.08. The van der Waals surface area contributed by atoms with Crippen LogP contribution < -0.4 is 10.6 Å². The molecule has 4 heteroatoms. The summed E-state index contributed by atoms with van der Waals surface area (Å²) in [6.45, 7) is 13.6. The van der Waals surface area contributed by atoms with Crippen LogP contribution in [0.15, 0.2) is 109 Å². The maximum Gasteiger partial charge on any atom is 0.224 e. The molecular weight excluding hydrogens is 1360 g/mol. The van der Waals surface area contributed by atoms with E-state index in [0.717, 1.165) is 155 Å². The van der Waals surface area contributed by atoms with Crippen LogP contribution in [0, 0.1) is 97.1 Å². The Balaban J connectivity index is 1.42. The molecule has 112 heavy (non-hydrogen) atoms. The number of aryl methyl sites for hydroxylation is 4. The molecule has 12 bridgehead atoms. The Kier molecular flexibility index (Phi) is 45.7. The predicted molar refractivity (Wildman–Crippen MR) is 479 cm³/mol. The number of unbranched alkanes of at least 4 members (excludes halogenated alkanes) is 36. The fraction of sp³-hybridized carbons (Fsp3) is 0.500. The van der Waals surface area contributed by atoms with Crippen molar-refractivity contribution in [3.8, 4) is 0 Å². The smallest absolute Gasteiger partial charge is 0.224 e. The average Bonchev–Trinajstić information content (AvgIpc) is 0.844. The molecule has 0 atom stereocenters. The van der Waals surface area contributed by atoms with Crippen LogP contribution in [0.4, 0.5) is 11.4 Å². The first kappa shape index (κ1) is 89.9. The number of amides is 2. The molecule has 0 radical (unpaired) electrons. The molecule has 7 aromatic rings. The monoisotopic (exact) mass is 1490 g/mol. The Morgan fingerprint density at radius 3 is 0.554 bits per heavy atom. The van der Waals surface area contributed by atoms with E-state index in [1.165, 1.54) is 228 Å². The molecule has 0 aromatic heterocycles. The van der Waals surface area contributed by atoms with Gasteiger partial charge in [-0.2, -0.15) is 0 Å². The number of fused-ring (bicyclic) bond motifs is 12. The van der Waals surface area contributed by atoms with Gasteiger partial charge >= 0.3 is 0 Å². The zero-order valence-electron chi connectivity index (χ0n) is 70.1. The summed E-state index contributed by atoms with van der Waals surface area (Å²) in [5, 5.41) is 16.6. The van der Waals surface area contributed by atoms with E-state index in [1.54, 1.807) is 0 Å². The molecule has 0 aliphatic rings. The van der Waals surface area contributed by atoms with Gasteiger partial charge in [-0.15, -0.1) is 0 Å². The third-order valence-electron chi connectivity index (χ3n) is 21.1. The van der Waals surface area contributed by atoms with Gasteiger partial charge < -0.3 is 10.6 Å².